The lowest BCUT2D eigenvalue weighted by molar-refractivity contribution is 0.465. The van der Waals surface area contributed by atoms with Gasteiger partial charge >= 0.3 is 0 Å². The van der Waals surface area contributed by atoms with E-state index in [9.17, 15) is 15.2 Å². The molecule has 1 aromatic carbocycles. The molecule has 0 radical (unpaired) electrons. The second kappa shape index (κ2) is 6.16. The molecule has 0 aliphatic carbocycles. The van der Waals surface area contributed by atoms with Gasteiger partial charge in [0.05, 0.1) is 5.69 Å². The van der Waals surface area contributed by atoms with Gasteiger partial charge in [-0.3, -0.25) is 4.79 Å². The van der Waals surface area contributed by atoms with Crippen LogP contribution in [0.3, 0.4) is 0 Å². The second-order valence-corrected chi connectivity index (χ2v) is 5.34. The van der Waals surface area contributed by atoms with Crippen LogP contribution in [0.4, 0.5) is 0 Å². The maximum absolute atomic E-state index is 12.5. The monoisotopic (exact) mass is 324 g/mol. The van der Waals surface area contributed by atoms with E-state index in [1.807, 2.05) is 19.9 Å². The standard InChI is InChI=1S/C17H16N4O3/c1-3-11-12(8-18)17(23)21(20-13(11)4-2)9-16-19-14-6-5-10(22)7-15(14)24-16/h5-7,22H,3-4,9H2,1-2H3. The summed E-state index contributed by atoms with van der Waals surface area (Å²) in [6, 6.07) is 6.59. The third-order valence-electron chi connectivity index (χ3n) is 3.84. The fourth-order valence-corrected chi connectivity index (χ4v) is 2.70. The summed E-state index contributed by atoms with van der Waals surface area (Å²) in [6.07, 6.45) is 1.21. The Bertz CT molecular complexity index is 1010. The predicted octanol–water partition coefficient (Wildman–Crippen LogP) is 2.13. The van der Waals surface area contributed by atoms with Gasteiger partial charge in [-0.15, -0.1) is 0 Å². The maximum atomic E-state index is 12.5. The first-order valence-corrected chi connectivity index (χ1v) is 7.68. The van der Waals surface area contributed by atoms with Crippen molar-refractivity contribution in [3.63, 3.8) is 0 Å². The number of phenolic OH excluding ortho intramolecular Hbond substituents is 1. The van der Waals surface area contributed by atoms with Gasteiger partial charge in [-0.2, -0.15) is 10.4 Å². The summed E-state index contributed by atoms with van der Waals surface area (Å²) in [4.78, 5) is 16.8. The third kappa shape index (κ3) is 2.63. The van der Waals surface area contributed by atoms with E-state index < -0.39 is 5.56 Å². The molecule has 2 aromatic heterocycles. The van der Waals surface area contributed by atoms with E-state index >= 15 is 0 Å². The highest BCUT2D eigenvalue weighted by atomic mass is 16.3. The molecule has 122 valence electrons. The minimum absolute atomic E-state index is 0.0277. The Morgan fingerprint density at radius 1 is 1.33 bits per heavy atom. The first-order valence-electron chi connectivity index (χ1n) is 7.68. The van der Waals surface area contributed by atoms with Crippen LogP contribution in [0.1, 0.15) is 36.6 Å². The average Bonchev–Trinajstić information content (AvgIpc) is 2.97. The molecule has 1 N–H and O–H groups in total. The molecule has 7 heteroatoms. The first-order chi connectivity index (χ1) is 11.6. The molecular formula is C17H16N4O3. The van der Waals surface area contributed by atoms with Crippen molar-refractivity contribution in [2.75, 3.05) is 0 Å². The molecular weight excluding hydrogens is 308 g/mol. The van der Waals surface area contributed by atoms with Crippen molar-refractivity contribution in [3.05, 3.63) is 51.3 Å². The molecule has 0 saturated heterocycles. The van der Waals surface area contributed by atoms with E-state index in [-0.39, 0.29) is 17.9 Å². The van der Waals surface area contributed by atoms with E-state index in [1.165, 1.54) is 16.8 Å². The van der Waals surface area contributed by atoms with Gasteiger partial charge in [0.25, 0.3) is 5.56 Å². The number of aromatic nitrogens is 3. The number of hydrogen-bond acceptors (Lipinski definition) is 6. The Morgan fingerprint density at radius 2 is 2.12 bits per heavy atom. The molecule has 3 aromatic rings. The quantitative estimate of drug-likeness (QED) is 0.788. The molecule has 0 fully saturated rings. The van der Waals surface area contributed by atoms with Crippen molar-refractivity contribution in [1.82, 2.24) is 14.8 Å². The van der Waals surface area contributed by atoms with E-state index in [2.05, 4.69) is 10.1 Å². The van der Waals surface area contributed by atoms with Crippen molar-refractivity contribution in [1.29, 1.82) is 5.26 Å². The summed E-state index contributed by atoms with van der Waals surface area (Å²) in [5.41, 5.74) is 2.11. The van der Waals surface area contributed by atoms with Gasteiger partial charge < -0.3 is 9.52 Å². The topological polar surface area (TPSA) is 105 Å². The molecule has 0 saturated carbocycles. The van der Waals surface area contributed by atoms with Gasteiger partial charge in [0.15, 0.2) is 5.58 Å². The van der Waals surface area contributed by atoms with Gasteiger partial charge in [-0.05, 0) is 30.5 Å². The van der Waals surface area contributed by atoms with Crippen LogP contribution >= 0.6 is 0 Å². The molecule has 2 heterocycles. The van der Waals surface area contributed by atoms with Crippen LogP contribution in [0, 0.1) is 11.3 Å². The van der Waals surface area contributed by atoms with Crippen molar-refractivity contribution in [3.8, 4) is 11.8 Å². The SMILES string of the molecule is CCc1nn(Cc2nc3ccc(O)cc3o2)c(=O)c(C#N)c1CC. The van der Waals surface area contributed by atoms with Crippen LogP contribution in [-0.4, -0.2) is 19.9 Å². The Hall–Kier alpha value is -3.14. The highest BCUT2D eigenvalue weighted by molar-refractivity contribution is 5.74. The van der Waals surface area contributed by atoms with Gasteiger partial charge in [0.1, 0.15) is 29.4 Å². The Labute approximate surface area is 137 Å². The van der Waals surface area contributed by atoms with Crippen molar-refractivity contribution in [2.45, 2.75) is 33.2 Å². The van der Waals surface area contributed by atoms with E-state index in [0.29, 0.717) is 35.4 Å². The summed E-state index contributed by atoms with van der Waals surface area (Å²) in [7, 11) is 0. The summed E-state index contributed by atoms with van der Waals surface area (Å²) in [5, 5.41) is 23.2. The van der Waals surface area contributed by atoms with Crippen molar-refractivity contribution in [2.24, 2.45) is 0 Å². The molecule has 0 amide bonds. The molecule has 0 aliphatic heterocycles. The lowest BCUT2D eigenvalue weighted by atomic mass is 10.0. The summed E-state index contributed by atoms with van der Waals surface area (Å²) >= 11 is 0. The number of fused-ring (bicyclic) bond motifs is 1. The zero-order valence-electron chi connectivity index (χ0n) is 13.4. The first kappa shape index (κ1) is 15.7. The lowest BCUT2D eigenvalue weighted by Gasteiger charge is -2.10. The van der Waals surface area contributed by atoms with Crippen molar-refractivity contribution >= 4 is 11.1 Å². The molecule has 0 bridgehead atoms. The smallest absolute Gasteiger partial charge is 0.285 e. The van der Waals surface area contributed by atoms with E-state index in [0.717, 1.165) is 5.69 Å². The largest absolute Gasteiger partial charge is 0.508 e. The molecule has 0 atom stereocenters. The fourth-order valence-electron chi connectivity index (χ4n) is 2.70. The van der Waals surface area contributed by atoms with Crippen LogP contribution < -0.4 is 5.56 Å². The summed E-state index contributed by atoms with van der Waals surface area (Å²) in [6.45, 7) is 3.85. The Kier molecular flexibility index (Phi) is 4.04. The predicted molar refractivity (Wildman–Crippen MR) is 86.7 cm³/mol. The molecule has 24 heavy (non-hydrogen) atoms. The normalized spacial score (nSPS) is 10.9. The average molecular weight is 324 g/mol. The fraction of sp³-hybridized carbons (Fsp3) is 0.294. The summed E-state index contributed by atoms with van der Waals surface area (Å²) in [5.74, 6) is 0.369. The number of rotatable bonds is 4. The molecule has 0 aliphatic rings. The maximum Gasteiger partial charge on any atom is 0.285 e. The van der Waals surface area contributed by atoms with Gasteiger partial charge in [-0.1, -0.05) is 13.8 Å². The van der Waals surface area contributed by atoms with Gasteiger partial charge in [0.2, 0.25) is 5.89 Å². The Morgan fingerprint density at radius 3 is 2.79 bits per heavy atom. The van der Waals surface area contributed by atoms with E-state index in [1.54, 1.807) is 6.07 Å². The Balaban J connectivity index is 2.08. The van der Waals surface area contributed by atoms with Crippen LogP contribution in [0.25, 0.3) is 11.1 Å². The zero-order valence-corrected chi connectivity index (χ0v) is 13.4. The molecule has 3 rings (SSSR count). The number of benzene rings is 1. The molecule has 0 unspecified atom stereocenters. The highest BCUT2D eigenvalue weighted by Gasteiger charge is 2.17. The number of hydrogen-bond donors (Lipinski definition) is 1. The van der Waals surface area contributed by atoms with Gasteiger partial charge in [0, 0.05) is 6.07 Å². The lowest BCUT2D eigenvalue weighted by Crippen LogP contribution is -2.29. The van der Waals surface area contributed by atoms with Crippen LogP contribution in [0.15, 0.2) is 27.4 Å². The number of aryl methyl sites for hydroxylation is 1. The molecule has 0 spiro atoms. The van der Waals surface area contributed by atoms with Crippen molar-refractivity contribution < 1.29 is 9.52 Å². The van der Waals surface area contributed by atoms with E-state index in [4.69, 9.17) is 4.42 Å². The summed E-state index contributed by atoms with van der Waals surface area (Å²) < 4.78 is 6.77. The minimum Gasteiger partial charge on any atom is -0.508 e. The van der Waals surface area contributed by atoms with Crippen LogP contribution in [0.5, 0.6) is 5.75 Å². The number of phenols is 1. The highest BCUT2D eigenvalue weighted by Crippen LogP contribution is 2.21. The molecule has 7 nitrogen and oxygen atoms in total. The number of oxazole rings is 1. The number of nitriles is 1. The van der Waals surface area contributed by atoms with Gasteiger partial charge in [-0.25, -0.2) is 9.67 Å². The minimum atomic E-state index is -0.448. The van der Waals surface area contributed by atoms with Crippen LogP contribution in [-0.2, 0) is 19.4 Å². The zero-order chi connectivity index (χ0) is 17.3. The third-order valence-corrected chi connectivity index (χ3v) is 3.84. The van der Waals surface area contributed by atoms with Crippen LogP contribution in [0.2, 0.25) is 0 Å². The number of aromatic hydroxyl groups is 1. The number of nitrogens with zero attached hydrogens (tertiary/aromatic N) is 4. The second-order valence-electron chi connectivity index (χ2n) is 5.34.